The van der Waals surface area contributed by atoms with Gasteiger partial charge in [-0.15, -0.1) is 34.0 Å². The van der Waals surface area contributed by atoms with Gasteiger partial charge in [-0.1, -0.05) is 285 Å². The molecule has 0 fully saturated rings. The van der Waals surface area contributed by atoms with Crippen molar-refractivity contribution in [1.29, 1.82) is 0 Å². The van der Waals surface area contributed by atoms with Gasteiger partial charge in [0.15, 0.2) is 17.5 Å². The Labute approximate surface area is 814 Å². The number of thiophene rings is 3. The van der Waals surface area contributed by atoms with Gasteiger partial charge in [-0.3, -0.25) is 0 Å². The zero-order valence-electron chi connectivity index (χ0n) is 75.2. The predicted molar refractivity (Wildman–Crippen MR) is 593 cm³/mol. The van der Waals surface area contributed by atoms with Crippen molar-refractivity contribution < 1.29 is 4.42 Å². The number of para-hydroxylation sites is 4. The Morgan fingerprint density at radius 1 is 0.157 bits per heavy atom. The number of rotatable bonds is 12. The molecule has 0 bridgehead atoms. The summed E-state index contributed by atoms with van der Waals surface area (Å²) in [6.45, 7) is 0. The summed E-state index contributed by atoms with van der Waals surface area (Å²) in [7, 11) is 0. The van der Waals surface area contributed by atoms with Crippen LogP contribution in [0.1, 0.15) is 0 Å². The average Bonchev–Trinajstić information content (AvgIpc) is 1.57. The maximum absolute atomic E-state index is 6.50. The van der Waals surface area contributed by atoms with Crippen LogP contribution in [0.15, 0.2) is 472 Å². The molecule has 8 nitrogen and oxygen atoms in total. The molecule has 0 aliphatic heterocycles. The van der Waals surface area contributed by atoms with Gasteiger partial charge < -0.3 is 22.7 Å². The van der Waals surface area contributed by atoms with Crippen molar-refractivity contribution in [1.82, 2.24) is 33.2 Å². The monoisotopic (exact) mass is 1840 g/mol. The smallest absolute Gasteiger partial charge is 0.164 e. The first kappa shape index (κ1) is 79.6. The first-order chi connectivity index (χ1) is 69.4. The summed E-state index contributed by atoms with van der Waals surface area (Å²) in [4.78, 5) is 15.0. The molecule has 140 heavy (non-hydrogen) atoms. The zero-order valence-corrected chi connectivity index (χ0v) is 77.7. The van der Waals surface area contributed by atoms with Crippen LogP contribution in [0.4, 0.5) is 0 Å². The second-order valence-corrected chi connectivity index (χ2v) is 39.6. The van der Waals surface area contributed by atoms with Crippen LogP contribution in [0.5, 0.6) is 0 Å². The van der Waals surface area contributed by atoms with Crippen LogP contribution in [0.2, 0.25) is 0 Å². The Bertz CT molecular complexity index is 9660. The molecule has 30 aromatic rings. The SMILES string of the molecule is c1ccc(-c2cc(-c3ccccc3)cc(-c3ccc4sc5ccc(-n6c7ccccc7c7cc(-n8c9ccccc9c9cc(-c%10cccc%11c%10sc%10ccccc%10%11)ccc98)ccc76)cc5c4c3)c2)cc1.c1ccc(-c2nc(-c3ccccc3)nc(-c3ccc4oc5ccc(-n6c7ccccc7c7cc(-n8c9ccccc9c9cc(-c%10cccc%11c%10sc%10ccccc%10%11)ccc98)ccc76)cc5c4c3)n2)cc1. The number of furan rings is 1. The van der Waals surface area contributed by atoms with Crippen LogP contribution in [-0.4, -0.2) is 33.2 Å². The molecule has 0 amide bonds. The fraction of sp³-hybridized carbons (Fsp3) is 0. The lowest BCUT2D eigenvalue weighted by molar-refractivity contribution is 0.669. The van der Waals surface area contributed by atoms with E-state index in [1.54, 1.807) is 0 Å². The molecule has 21 aromatic carbocycles. The van der Waals surface area contributed by atoms with E-state index >= 15 is 0 Å². The van der Waals surface area contributed by atoms with Crippen molar-refractivity contribution in [2.24, 2.45) is 0 Å². The van der Waals surface area contributed by atoms with E-state index in [1.807, 2.05) is 107 Å². The molecular weight excluding hydrogens is 1760 g/mol. The average molecular weight is 1840 g/mol. The molecule has 0 atom stereocenters. The van der Waals surface area contributed by atoms with Gasteiger partial charge in [-0.05, 0) is 238 Å². The first-order valence-corrected chi connectivity index (χ1v) is 49.8. The lowest BCUT2D eigenvalue weighted by Crippen LogP contribution is -2.00. The summed E-state index contributed by atoms with van der Waals surface area (Å²) in [5.74, 6) is 1.86. The zero-order chi connectivity index (χ0) is 91.7. The standard InChI is InChI=1S/C66H40N2S2.C63H37N5OS/c1-3-14-41(15-4-1)45-34-46(42-16-5-2-6-17-42)36-47(35-45)43-27-32-64-57(37-43)58-40-49(29-33-65(58)69-64)68-60-24-11-8-19-52(60)56-39-48(28-31-62(56)68)67-59-23-10-7-18-51(59)55-38-44(26-30-61(55)67)50-21-13-22-54-53-20-9-12-25-63(53)70-66(50)54;1-3-14-38(15-4-1)61-64-62(39-16-5-2-6-17-39)66-63(65-61)41-27-32-57-51(35-41)52-37-43(29-33-58(52)69-57)68-54-24-11-8-19-46(54)50-36-42(28-31-56(50)68)67-53-23-10-7-18-45(53)49-34-40(26-30-55(49)67)44-21-13-22-48-47-20-9-12-25-59(47)70-60(44)48/h1-40H;1-37H. The summed E-state index contributed by atoms with van der Waals surface area (Å²) < 4.78 is 24.1. The molecule has 652 valence electrons. The highest BCUT2D eigenvalue weighted by atomic mass is 32.1. The molecule has 0 radical (unpaired) electrons. The number of benzene rings is 21. The van der Waals surface area contributed by atoms with Crippen molar-refractivity contribution in [3.63, 3.8) is 0 Å². The van der Waals surface area contributed by atoms with Crippen LogP contribution in [-0.2, 0) is 0 Å². The summed E-state index contributed by atoms with van der Waals surface area (Å²) >= 11 is 5.64. The third-order valence-electron chi connectivity index (χ3n) is 28.5. The van der Waals surface area contributed by atoms with Crippen LogP contribution < -0.4 is 0 Å². The van der Waals surface area contributed by atoms with Crippen LogP contribution in [0.3, 0.4) is 0 Å². The van der Waals surface area contributed by atoms with Crippen molar-refractivity contribution in [2.75, 3.05) is 0 Å². The Kier molecular flexibility index (Phi) is 18.2. The minimum Gasteiger partial charge on any atom is -0.456 e. The highest BCUT2D eigenvalue weighted by Gasteiger charge is 2.26. The summed E-state index contributed by atoms with van der Waals surface area (Å²) in [6, 6.07) is 170. The van der Waals surface area contributed by atoms with Crippen LogP contribution in [0, 0.1) is 0 Å². The Morgan fingerprint density at radius 3 is 0.900 bits per heavy atom. The fourth-order valence-corrected chi connectivity index (χ4v) is 25.5. The summed E-state index contributed by atoms with van der Waals surface area (Å²) in [6.07, 6.45) is 0. The quantitative estimate of drug-likeness (QED) is 0.122. The van der Waals surface area contributed by atoms with Crippen molar-refractivity contribution in [2.45, 2.75) is 0 Å². The fourth-order valence-electron chi connectivity index (χ4n) is 22.0. The molecule has 0 saturated carbocycles. The predicted octanol–water partition coefficient (Wildman–Crippen LogP) is 36.3. The Balaban J connectivity index is 0.000000134. The minimum absolute atomic E-state index is 0.604. The maximum Gasteiger partial charge on any atom is 0.164 e. The Morgan fingerprint density at radius 2 is 0.443 bits per heavy atom. The molecule has 0 unspecified atom stereocenters. The third-order valence-corrected chi connectivity index (χ3v) is 32.1. The van der Waals surface area contributed by atoms with Gasteiger partial charge in [-0.2, -0.15) is 0 Å². The van der Waals surface area contributed by atoms with Crippen molar-refractivity contribution in [3.05, 3.63) is 467 Å². The van der Waals surface area contributed by atoms with Crippen molar-refractivity contribution >= 4 is 204 Å². The van der Waals surface area contributed by atoms with E-state index in [4.69, 9.17) is 19.4 Å². The van der Waals surface area contributed by atoms with E-state index in [9.17, 15) is 0 Å². The van der Waals surface area contributed by atoms with E-state index in [0.29, 0.717) is 17.5 Å². The largest absolute Gasteiger partial charge is 0.456 e. The van der Waals surface area contributed by atoms with E-state index in [1.165, 1.54) is 192 Å². The maximum atomic E-state index is 6.50. The first-order valence-electron chi connectivity index (χ1n) is 47.4. The molecule has 0 aliphatic carbocycles. The highest BCUT2D eigenvalue weighted by molar-refractivity contribution is 7.27. The molecule has 9 aromatic heterocycles. The van der Waals surface area contributed by atoms with Crippen LogP contribution >= 0.6 is 34.0 Å². The van der Waals surface area contributed by atoms with E-state index < -0.39 is 0 Å². The summed E-state index contributed by atoms with van der Waals surface area (Å²) in [5.41, 5.74) is 30.6. The topological polar surface area (TPSA) is 71.5 Å². The molecule has 0 saturated heterocycles. The summed E-state index contributed by atoms with van der Waals surface area (Å²) in [5, 5.41) is 19.7. The molecule has 9 heterocycles. The Hall–Kier alpha value is -17.7. The molecular formula is C129H77N7OS3. The van der Waals surface area contributed by atoms with Gasteiger partial charge in [0.2, 0.25) is 0 Å². The second kappa shape index (κ2) is 32.0. The second-order valence-electron chi connectivity index (χ2n) is 36.4. The lowest BCUT2D eigenvalue weighted by atomic mass is 9.93. The van der Waals surface area contributed by atoms with E-state index in [0.717, 1.165) is 72.4 Å². The van der Waals surface area contributed by atoms with Crippen LogP contribution in [0.25, 0.3) is 282 Å². The van der Waals surface area contributed by atoms with E-state index in [2.05, 4.69) is 413 Å². The minimum atomic E-state index is 0.604. The molecule has 30 rings (SSSR count). The molecule has 0 N–H and O–H groups in total. The highest BCUT2D eigenvalue weighted by Crippen LogP contribution is 2.49. The lowest BCUT2D eigenvalue weighted by Gasteiger charge is -2.12. The molecule has 0 aliphatic rings. The van der Waals surface area contributed by atoms with Gasteiger partial charge in [0.25, 0.3) is 0 Å². The number of aromatic nitrogens is 7. The molecule has 0 spiro atoms. The van der Waals surface area contributed by atoms with Crippen molar-refractivity contribution in [3.8, 4) is 113 Å². The number of nitrogens with zero attached hydrogens (tertiary/aromatic N) is 7. The van der Waals surface area contributed by atoms with Gasteiger partial charge in [0, 0.05) is 154 Å². The van der Waals surface area contributed by atoms with Gasteiger partial charge in [0.05, 0.1) is 44.1 Å². The van der Waals surface area contributed by atoms with Gasteiger partial charge in [0.1, 0.15) is 11.2 Å². The van der Waals surface area contributed by atoms with Gasteiger partial charge >= 0.3 is 0 Å². The van der Waals surface area contributed by atoms with E-state index in [-0.39, 0.29) is 0 Å². The third kappa shape index (κ3) is 12.9. The number of hydrogen-bond donors (Lipinski definition) is 0. The number of hydrogen-bond acceptors (Lipinski definition) is 7. The normalized spacial score (nSPS) is 12.0. The molecule has 11 heteroatoms. The number of fused-ring (bicyclic) bond motifs is 24. The van der Waals surface area contributed by atoms with Gasteiger partial charge in [-0.25, -0.2) is 15.0 Å².